The summed E-state index contributed by atoms with van der Waals surface area (Å²) in [7, 11) is 1.63. The Hall–Kier alpha value is -2.38. The Morgan fingerprint density at radius 2 is 1.96 bits per heavy atom. The van der Waals surface area contributed by atoms with Gasteiger partial charge in [-0.05, 0) is 35.9 Å². The molecule has 0 spiro atoms. The molecule has 2 aromatic heterocycles. The minimum atomic E-state index is -0.0474. The molecule has 0 bridgehead atoms. The first-order valence-electron chi connectivity index (χ1n) is 7.17. The molecule has 0 N–H and O–H groups in total. The molecule has 0 saturated heterocycles. The number of amides is 1. The Balaban J connectivity index is 1.83. The van der Waals surface area contributed by atoms with E-state index in [1.807, 2.05) is 18.2 Å². The highest BCUT2D eigenvalue weighted by Gasteiger charge is 2.17. The number of aromatic nitrogens is 3. The van der Waals surface area contributed by atoms with Gasteiger partial charge in [-0.2, -0.15) is 8.75 Å². The van der Waals surface area contributed by atoms with Gasteiger partial charge in [0.15, 0.2) is 0 Å². The van der Waals surface area contributed by atoms with Crippen LogP contribution in [0, 0.1) is 0 Å². The number of hydrogen-bond acceptors (Lipinski definition) is 6. The third kappa shape index (κ3) is 3.69. The second-order valence-electron chi connectivity index (χ2n) is 5.04. The maximum Gasteiger partial charge on any atom is 0.254 e. The molecule has 0 fully saturated rings. The monoisotopic (exact) mass is 328 g/mol. The number of rotatable bonds is 6. The van der Waals surface area contributed by atoms with Crippen molar-refractivity contribution in [3.05, 3.63) is 53.9 Å². The zero-order valence-corrected chi connectivity index (χ0v) is 13.5. The van der Waals surface area contributed by atoms with E-state index in [0.29, 0.717) is 25.3 Å². The van der Waals surface area contributed by atoms with Crippen LogP contribution in [0.25, 0.3) is 11.0 Å². The normalized spacial score (nSPS) is 10.8. The molecular weight excluding hydrogens is 312 g/mol. The van der Waals surface area contributed by atoms with Gasteiger partial charge in [0, 0.05) is 38.2 Å². The minimum Gasteiger partial charge on any atom is -0.383 e. The van der Waals surface area contributed by atoms with Gasteiger partial charge in [-0.3, -0.25) is 9.78 Å². The van der Waals surface area contributed by atoms with E-state index in [1.165, 1.54) is 0 Å². The summed E-state index contributed by atoms with van der Waals surface area (Å²) in [5.41, 5.74) is 3.19. The fraction of sp³-hybridized carbons (Fsp3) is 0.250. The van der Waals surface area contributed by atoms with Crippen LogP contribution < -0.4 is 0 Å². The molecule has 6 nitrogen and oxygen atoms in total. The summed E-state index contributed by atoms with van der Waals surface area (Å²) in [5, 5.41) is 0. The summed E-state index contributed by atoms with van der Waals surface area (Å²) in [6, 6.07) is 9.21. The second-order valence-corrected chi connectivity index (χ2v) is 5.57. The number of nitrogens with zero attached hydrogens (tertiary/aromatic N) is 4. The summed E-state index contributed by atoms with van der Waals surface area (Å²) in [6.07, 6.45) is 3.45. The standard InChI is InChI=1S/C16H16N4O2S/c1-22-9-8-20(11-12-4-6-17-7-5-12)16(21)13-2-3-14-15(10-13)19-23-18-14/h2-7,10H,8-9,11H2,1H3. The largest absolute Gasteiger partial charge is 0.383 e. The summed E-state index contributed by atoms with van der Waals surface area (Å²) in [4.78, 5) is 18.6. The lowest BCUT2D eigenvalue weighted by Crippen LogP contribution is -2.33. The molecule has 0 atom stereocenters. The van der Waals surface area contributed by atoms with Gasteiger partial charge in [-0.15, -0.1) is 0 Å². The molecule has 7 heteroatoms. The molecule has 0 radical (unpaired) electrons. The van der Waals surface area contributed by atoms with Gasteiger partial charge in [0.1, 0.15) is 11.0 Å². The van der Waals surface area contributed by atoms with E-state index in [2.05, 4.69) is 13.7 Å². The zero-order chi connectivity index (χ0) is 16.1. The van der Waals surface area contributed by atoms with E-state index >= 15 is 0 Å². The number of carbonyl (C=O) groups is 1. The number of fused-ring (bicyclic) bond motifs is 1. The van der Waals surface area contributed by atoms with Crippen LogP contribution in [0.4, 0.5) is 0 Å². The third-order valence-electron chi connectivity index (χ3n) is 3.48. The van der Waals surface area contributed by atoms with E-state index in [4.69, 9.17) is 4.74 Å². The molecular formula is C16H16N4O2S. The fourth-order valence-corrected chi connectivity index (χ4v) is 2.78. The minimum absolute atomic E-state index is 0.0474. The first kappa shape index (κ1) is 15.5. The van der Waals surface area contributed by atoms with Crippen molar-refractivity contribution in [3.8, 4) is 0 Å². The number of hydrogen-bond donors (Lipinski definition) is 0. The first-order valence-corrected chi connectivity index (χ1v) is 7.90. The van der Waals surface area contributed by atoms with E-state index in [9.17, 15) is 4.79 Å². The molecule has 118 valence electrons. The van der Waals surface area contributed by atoms with Crippen molar-refractivity contribution in [2.75, 3.05) is 20.3 Å². The van der Waals surface area contributed by atoms with Crippen molar-refractivity contribution in [1.82, 2.24) is 18.6 Å². The van der Waals surface area contributed by atoms with Gasteiger partial charge in [-0.25, -0.2) is 0 Å². The van der Waals surface area contributed by atoms with E-state index in [-0.39, 0.29) is 5.91 Å². The summed E-state index contributed by atoms with van der Waals surface area (Å²) in [5.74, 6) is -0.0474. The number of ether oxygens (including phenoxy) is 1. The predicted molar refractivity (Wildman–Crippen MR) is 88.3 cm³/mol. The molecule has 23 heavy (non-hydrogen) atoms. The van der Waals surface area contributed by atoms with Crippen molar-refractivity contribution in [1.29, 1.82) is 0 Å². The predicted octanol–water partition coefficient (Wildman–Crippen LogP) is 2.38. The first-order chi connectivity index (χ1) is 11.3. The average molecular weight is 328 g/mol. The lowest BCUT2D eigenvalue weighted by molar-refractivity contribution is 0.0680. The smallest absolute Gasteiger partial charge is 0.254 e. The van der Waals surface area contributed by atoms with Crippen LogP contribution in [0.15, 0.2) is 42.7 Å². The lowest BCUT2D eigenvalue weighted by atomic mass is 10.1. The topological polar surface area (TPSA) is 68.2 Å². The second kappa shape index (κ2) is 7.26. The highest BCUT2D eigenvalue weighted by Crippen LogP contribution is 2.16. The van der Waals surface area contributed by atoms with E-state index < -0.39 is 0 Å². The summed E-state index contributed by atoms with van der Waals surface area (Å²) < 4.78 is 13.5. The molecule has 2 heterocycles. The highest BCUT2D eigenvalue weighted by atomic mass is 32.1. The zero-order valence-electron chi connectivity index (χ0n) is 12.7. The Morgan fingerprint density at radius 3 is 2.74 bits per heavy atom. The van der Waals surface area contributed by atoms with Crippen LogP contribution in [-0.2, 0) is 11.3 Å². The molecule has 0 aliphatic rings. The van der Waals surface area contributed by atoms with Gasteiger partial charge in [0.25, 0.3) is 5.91 Å². The molecule has 3 aromatic rings. The number of methoxy groups -OCH3 is 1. The van der Waals surface area contributed by atoms with Crippen LogP contribution in [-0.4, -0.2) is 44.8 Å². The summed E-state index contributed by atoms with van der Waals surface area (Å²) in [6.45, 7) is 1.51. The van der Waals surface area contributed by atoms with Gasteiger partial charge in [0.05, 0.1) is 18.3 Å². The average Bonchev–Trinajstić information content (AvgIpc) is 3.06. The number of carbonyl (C=O) groups excluding carboxylic acids is 1. The van der Waals surface area contributed by atoms with Gasteiger partial charge >= 0.3 is 0 Å². The van der Waals surface area contributed by atoms with Crippen molar-refractivity contribution < 1.29 is 9.53 Å². The van der Waals surface area contributed by atoms with Crippen molar-refractivity contribution in [2.45, 2.75) is 6.54 Å². The quantitative estimate of drug-likeness (QED) is 0.695. The van der Waals surface area contributed by atoms with Gasteiger partial charge in [-0.1, -0.05) is 0 Å². The van der Waals surface area contributed by atoms with Crippen molar-refractivity contribution in [2.24, 2.45) is 0 Å². The van der Waals surface area contributed by atoms with Crippen molar-refractivity contribution >= 4 is 28.7 Å². The lowest BCUT2D eigenvalue weighted by Gasteiger charge is -2.22. The van der Waals surface area contributed by atoms with Crippen LogP contribution in [0.1, 0.15) is 15.9 Å². The summed E-state index contributed by atoms with van der Waals surface area (Å²) >= 11 is 1.15. The van der Waals surface area contributed by atoms with Crippen LogP contribution in [0.5, 0.6) is 0 Å². The molecule has 1 amide bonds. The number of pyridine rings is 1. The molecule has 1 aromatic carbocycles. The molecule has 3 rings (SSSR count). The van der Waals surface area contributed by atoms with Crippen LogP contribution in [0.2, 0.25) is 0 Å². The molecule has 0 unspecified atom stereocenters. The Kier molecular flexibility index (Phi) is 4.89. The maximum absolute atomic E-state index is 12.8. The van der Waals surface area contributed by atoms with E-state index in [1.54, 1.807) is 36.5 Å². The van der Waals surface area contributed by atoms with E-state index in [0.717, 1.165) is 28.3 Å². The Bertz CT molecular complexity index is 791. The SMILES string of the molecule is COCCN(Cc1ccncc1)C(=O)c1ccc2nsnc2c1. The van der Waals surface area contributed by atoms with Gasteiger partial charge < -0.3 is 9.64 Å². The van der Waals surface area contributed by atoms with Crippen LogP contribution in [0.3, 0.4) is 0 Å². The molecule has 0 aliphatic carbocycles. The molecule has 0 saturated carbocycles. The Labute approximate surface area is 138 Å². The van der Waals surface area contributed by atoms with Crippen LogP contribution >= 0.6 is 11.7 Å². The number of benzene rings is 1. The fourth-order valence-electron chi connectivity index (χ4n) is 2.26. The maximum atomic E-state index is 12.8. The van der Waals surface area contributed by atoms with Crippen molar-refractivity contribution in [3.63, 3.8) is 0 Å². The Morgan fingerprint density at radius 1 is 1.17 bits per heavy atom. The third-order valence-corrected chi connectivity index (χ3v) is 4.03. The molecule has 0 aliphatic heterocycles. The highest BCUT2D eigenvalue weighted by molar-refractivity contribution is 7.00. The van der Waals surface area contributed by atoms with Gasteiger partial charge in [0.2, 0.25) is 0 Å².